The number of fused-ring (bicyclic) bond motifs is 3. The van der Waals surface area contributed by atoms with E-state index in [2.05, 4.69) is 5.32 Å². The average molecular weight is 381 g/mol. The lowest BCUT2D eigenvalue weighted by Crippen LogP contribution is -2.59. The van der Waals surface area contributed by atoms with Crippen molar-refractivity contribution in [2.24, 2.45) is 5.92 Å². The quantitative estimate of drug-likeness (QED) is 0.689. The van der Waals surface area contributed by atoms with Gasteiger partial charge in [0.2, 0.25) is 5.72 Å². The summed E-state index contributed by atoms with van der Waals surface area (Å²) in [5.41, 5.74) is 2.07. The number of alkyl carbamates (subject to hydrolysis) is 1. The third kappa shape index (κ3) is 3.14. The van der Waals surface area contributed by atoms with E-state index in [0.717, 1.165) is 35.1 Å². The topological polar surface area (TPSA) is 95.9 Å². The molecule has 0 aromatic heterocycles. The number of aliphatic carboxylic acids is 1. The van der Waals surface area contributed by atoms with E-state index in [4.69, 9.17) is 4.74 Å². The van der Waals surface area contributed by atoms with Gasteiger partial charge in [0.15, 0.2) is 0 Å². The van der Waals surface area contributed by atoms with E-state index >= 15 is 0 Å². The Hall–Kier alpha value is -2.86. The minimum atomic E-state index is -2.29. The molecule has 6 heteroatoms. The van der Waals surface area contributed by atoms with E-state index in [1.165, 1.54) is 0 Å². The number of nitrogens with one attached hydrogen (secondary N) is 1. The minimum Gasteiger partial charge on any atom is -0.478 e. The molecule has 3 N–H and O–H groups in total. The van der Waals surface area contributed by atoms with Crippen LogP contribution >= 0.6 is 0 Å². The van der Waals surface area contributed by atoms with Crippen molar-refractivity contribution in [1.29, 1.82) is 0 Å². The van der Waals surface area contributed by atoms with Gasteiger partial charge in [-0.3, -0.25) is 5.32 Å². The Balaban J connectivity index is 1.48. The summed E-state index contributed by atoms with van der Waals surface area (Å²) in [5, 5.41) is 22.2. The summed E-state index contributed by atoms with van der Waals surface area (Å²) in [6, 6.07) is 15.9. The zero-order valence-corrected chi connectivity index (χ0v) is 15.4. The van der Waals surface area contributed by atoms with E-state index in [-0.39, 0.29) is 12.5 Å². The van der Waals surface area contributed by atoms with Gasteiger partial charge in [0.1, 0.15) is 6.61 Å². The average Bonchev–Trinajstić information content (AvgIpc) is 3.33. The second-order valence-corrected chi connectivity index (χ2v) is 7.50. The van der Waals surface area contributed by atoms with Crippen LogP contribution in [0.2, 0.25) is 0 Å². The van der Waals surface area contributed by atoms with Crippen LogP contribution in [0.4, 0.5) is 4.79 Å². The summed E-state index contributed by atoms with van der Waals surface area (Å²) >= 11 is 0. The summed E-state index contributed by atoms with van der Waals surface area (Å²) in [6.07, 6.45) is 1.89. The van der Waals surface area contributed by atoms with Crippen LogP contribution in [0.5, 0.6) is 0 Å². The van der Waals surface area contributed by atoms with Gasteiger partial charge < -0.3 is 14.9 Å². The summed E-state index contributed by atoms with van der Waals surface area (Å²) in [6.45, 7) is 0.0697. The summed E-state index contributed by atoms with van der Waals surface area (Å²) in [4.78, 5) is 24.0. The zero-order valence-electron chi connectivity index (χ0n) is 15.4. The van der Waals surface area contributed by atoms with E-state index < -0.39 is 23.7 Å². The number of carboxylic acid groups (broad SMARTS) is 1. The Morgan fingerprint density at radius 1 is 1.00 bits per heavy atom. The molecule has 146 valence electrons. The maximum absolute atomic E-state index is 12.3. The molecule has 0 radical (unpaired) electrons. The second kappa shape index (κ2) is 7.28. The molecule has 0 saturated heterocycles. The molecular formula is C22H23NO5. The van der Waals surface area contributed by atoms with Crippen molar-refractivity contribution >= 4 is 12.1 Å². The number of ether oxygens (including phenoxy) is 1. The molecule has 2 aromatic carbocycles. The number of carbonyl (C=O) groups is 2. The van der Waals surface area contributed by atoms with Gasteiger partial charge in [-0.15, -0.1) is 0 Å². The van der Waals surface area contributed by atoms with Crippen LogP contribution in [0.3, 0.4) is 0 Å². The Labute approximate surface area is 163 Å². The van der Waals surface area contributed by atoms with E-state index in [1.807, 2.05) is 48.5 Å². The fraction of sp³-hybridized carbons (Fsp3) is 0.364. The number of rotatable bonds is 5. The van der Waals surface area contributed by atoms with Crippen molar-refractivity contribution in [3.05, 3.63) is 59.7 Å². The molecule has 1 atom stereocenters. The lowest BCUT2D eigenvalue weighted by Gasteiger charge is -2.30. The lowest BCUT2D eigenvalue weighted by molar-refractivity contribution is -0.168. The first-order valence-corrected chi connectivity index (χ1v) is 9.59. The van der Waals surface area contributed by atoms with Gasteiger partial charge in [-0.05, 0) is 35.1 Å². The van der Waals surface area contributed by atoms with Gasteiger partial charge in [0.25, 0.3) is 0 Å². The van der Waals surface area contributed by atoms with Crippen molar-refractivity contribution in [1.82, 2.24) is 5.32 Å². The van der Waals surface area contributed by atoms with Crippen LogP contribution in [0.15, 0.2) is 48.5 Å². The number of amides is 1. The maximum atomic E-state index is 12.3. The van der Waals surface area contributed by atoms with Gasteiger partial charge in [0, 0.05) is 11.8 Å². The lowest BCUT2D eigenvalue weighted by atomic mass is 9.94. The van der Waals surface area contributed by atoms with Crippen LogP contribution < -0.4 is 5.32 Å². The van der Waals surface area contributed by atoms with Crippen molar-refractivity contribution in [2.75, 3.05) is 6.61 Å². The van der Waals surface area contributed by atoms with Crippen LogP contribution in [0.25, 0.3) is 11.1 Å². The van der Waals surface area contributed by atoms with Crippen molar-refractivity contribution in [2.45, 2.75) is 37.3 Å². The van der Waals surface area contributed by atoms with Crippen molar-refractivity contribution in [3.63, 3.8) is 0 Å². The highest BCUT2D eigenvalue weighted by molar-refractivity contribution is 5.83. The molecule has 6 nitrogen and oxygen atoms in total. The third-order valence-corrected chi connectivity index (χ3v) is 5.91. The van der Waals surface area contributed by atoms with Gasteiger partial charge in [-0.1, -0.05) is 61.4 Å². The number of carboxylic acids is 1. The largest absolute Gasteiger partial charge is 0.478 e. The standard InChI is InChI=1S/C22H23NO5/c24-20(25)22(27,14-7-1-2-8-14)23-21(26)28-13-19-17-11-5-3-9-15(17)16-10-4-6-12-18(16)19/h3-6,9-12,14,19,27H,1-2,7-8,13H2,(H,23,26)(H,24,25)/t22-/m0/s1. The molecule has 1 fully saturated rings. The normalized spacial score (nSPS) is 18.2. The maximum Gasteiger partial charge on any atom is 0.409 e. The summed E-state index contributed by atoms with van der Waals surface area (Å²) < 4.78 is 5.37. The van der Waals surface area contributed by atoms with Crippen LogP contribution in [-0.4, -0.2) is 34.6 Å². The molecule has 28 heavy (non-hydrogen) atoms. The first-order valence-electron chi connectivity index (χ1n) is 9.59. The minimum absolute atomic E-state index is 0.0697. The predicted octanol–water partition coefficient (Wildman–Crippen LogP) is 3.49. The highest BCUT2D eigenvalue weighted by Gasteiger charge is 2.47. The number of carbonyl (C=O) groups excluding carboxylic acids is 1. The molecule has 1 amide bonds. The molecule has 0 heterocycles. The zero-order chi connectivity index (χ0) is 19.7. The predicted molar refractivity (Wildman–Crippen MR) is 103 cm³/mol. The third-order valence-electron chi connectivity index (χ3n) is 5.91. The molecule has 2 aromatic rings. The molecule has 4 rings (SSSR count). The second-order valence-electron chi connectivity index (χ2n) is 7.50. The number of hydrogen-bond donors (Lipinski definition) is 3. The Kier molecular flexibility index (Phi) is 4.81. The van der Waals surface area contributed by atoms with E-state index in [0.29, 0.717) is 12.8 Å². The fourth-order valence-electron chi connectivity index (χ4n) is 4.46. The first kappa shape index (κ1) is 18.5. The fourth-order valence-corrected chi connectivity index (χ4v) is 4.46. The van der Waals surface area contributed by atoms with E-state index in [1.54, 1.807) is 0 Å². The molecule has 0 unspecified atom stereocenters. The highest BCUT2D eigenvalue weighted by atomic mass is 16.6. The molecule has 1 saturated carbocycles. The van der Waals surface area contributed by atoms with E-state index in [9.17, 15) is 19.8 Å². The van der Waals surface area contributed by atoms with Crippen LogP contribution in [0, 0.1) is 5.92 Å². The van der Waals surface area contributed by atoms with Crippen LogP contribution in [-0.2, 0) is 9.53 Å². The first-order chi connectivity index (χ1) is 13.5. The van der Waals surface area contributed by atoms with Gasteiger partial charge in [0.05, 0.1) is 0 Å². The summed E-state index contributed by atoms with van der Waals surface area (Å²) in [7, 11) is 0. The molecule has 0 aliphatic heterocycles. The Morgan fingerprint density at radius 2 is 1.54 bits per heavy atom. The molecule has 2 aliphatic carbocycles. The van der Waals surface area contributed by atoms with Crippen LogP contribution in [0.1, 0.15) is 42.7 Å². The van der Waals surface area contributed by atoms with Gasteiger partial charge in [-0.25, -0.2) is 9.59 Å². The number of benzene rings is 2. The molecule has 2 aliphatic rings. The number of hydrogen-bond acceptors (Lipinski definition) is 4. The Morgan fingerprint density at radius 3 is 2.07 bits per heavy atom. The number of aliphatic hydroxyl groups is 1. The summed E-state index contributed by atoms with van der Waals surface area (Å²) in [5.74, 6) is -2.08. The molecular weight excluding hydrogens is 358 g/mol. The SMILES string of the molecule is O=C(N[C@@](O)(C(=O)O)C1CCCC1)OCC1c2ccccc2-c2ccccc21. The monoisotopic (exact) mass is 381 g/mol. The van der Waals surface area contributed by atoms with Crippen molar-refractivity contribution in [3.8, 4) is 11.1 Å². The van der Waals surface area contributed by atoms with Gasteiger partial charge >= 0.3 is 12.1 Å². The molecule has 0 bridgehead atoms. The Bertz CT molecular complexity index is 860. The van der Waals surface area contributed by atoms with Crippen molar-refractivity contribution < 1.29 is 24.5 Å². The van der Waals surface area contributed by atoms with Gasteiger partial charge in [-0.2, -0.15) is 0 Å². The smallest absolute Gasteiger partial charge is 0.409 e. The highest BCUT2D eigenvalue weighted by Crippen LogP contribution is 2.44. The molecule has 0 spiro atoms.